The summed E-state index contributed by atoms with van der Waals surface area (Å²) in [5.74, 6) is 0.489. The van der Waals surface area contributed by atoms with Crippen LogP contribution in [0.1, 0.15) is 25.2 Å². The molecule has 28 heavy (non-hydrogen) atoms. The van der Waals surface area contributed by atoms with E-state index in [1.54, 1.807) is 6.92 Å². The van der Waals surface area contributed by atoms with Crippen LogP contribution in [0.2, 0.25) is 0 Å². The van der Waals surface area contributed by atoms with Gasteiger partial charge in [0.2, 0.25) is 5.91 Å². The molecular formula is C22H28N4O2. The van der Waals surface area contributed by atoms with Crippen molar-refractivity contribution in [3.8, 4) is 11.1 Å². The predicted molar refractivity (Wildman–Crippen MR) is 112 cm³/mol. The average molecular weight is 380 g/mol. The number of fused-ring (bicyclic) bond motifs is 1. The monoisotopic (exact) mass is 380 g/mol. The first kappa shape index (κ1) is 20.0. The number of hydrogen-bond acceptors (Lipinski definition) is 4. The van der Waals surface area contributed by atoms with Gasteiger partial charge in [-0.25, -0.2) is 4.98 Å². The zero-order valence-corrected chi connectivity index (χ0v) is 16.7. The van der Waals surface area contributed by atoms with Crippen LogP contribution >= 0.6 is 0 Å². The molecule has 0 aliphatic rings. The Bertz CT molecular complexity index is 964. The van der Waals surface area contributed by atoms with Crippen molar-refractivity contribution < 1.29 is 9.53 Å². The number of imidazole rings is 1. The van der Waals surface area contributed by atoms with E-state index in [0.717, 1.165) is 22.4 Å². The Hall–Kier alpha value is -2.70. The molecule has 0 unspecified atom stereocenters. The van der Waals surface area contributed by atoms with Crippen LogP contribution in [0.4, 0.5) is 0 Å². The number of ether oxygens (including phenoxy) is 1. The van der Waals surface area contributed by atoms with E-state index in [0.29, 0.717) is 26.3 Å². The molecule has 0 bridgehead atoms. The molecule has 6 nitrogen and oxygen atoms in total. The molecule has 6 heteroatoms. The van der Waals surface area contributed by atoms with Crippen molar-refractivity contribution >= 4 is 16.9 Å². The van der Waals surface area contributed by atoms with Gasteiger partial charge < -0.3 is 15.0 Å². The lowest BCUT2D eigenvalue weighted by Crippen LogP contribution is -2.38. The van der Waals surface area contributed by atoms with Crippen molar-refractivity contribution in [3.05, 3.63) is 53.9 Å². The summed E-state index contributed by atoms with van der Waals surface area (Å²) in [6.45, 7) is 8.28. The summed E-state index contributed by atoms with van der Waals surface area (Å²) in [7, 11) is 0. The highest BCUT2D eigenvalue weighted by molar-refractivity contribution is 5.83. The molecule has 1 heterocycles. The summed E-state index contributed by atoms with van der Waals surface area (Å²) in [6.07, 6.45) is 0. The number of nitrogens with zero attached hydrogens (tertiary/aromatic N) is 2. The topological polar surface area (TPSA) is 82.2 Å². The van der Waals surface area contributed by atoms with Crippen LogP contribution in [0.15, 0.2) is 42.5 Å². The normalized spacial score (nSPS) is 12.4. The molecule has 0 aliphatic carbocycles. The molecule has 148 valence electrons. The van der Waals surface area contributed by atoms with Crippen molar-refractivity contribution in [2.24, 2.45) is 5.73 Å². The Balaban J connectivity index is 1.97. The standard InChI is InChI=1S/C22H28N4O2/c1-4-28-11-10-26-20-13-18(17-7-5-6-15(2)12-17)8-9-19(20)25-21(26)14-24-16(3)22(23)27/h5-9,12-13,16,24H,4,10-11,14H2,1-3H3,(H2,23,27)/t16-/m0/s1. The molecule has 3 aromatic rings. The summed E-state index contributed by atoms with van der Waals surface area (Å²) in [5, 5.41) is 3.15. The highest BCUT2D eigenvalue weighted by atomic mass is 16.5. The Labute approximate surface area is 165 Å². The van der Waals surface area contributed by atoms with Gasteiger partial charge in [-0.3, -0.25) is 10.1 Å². The summed E-state index contributed by atoms with van der Waals surface area (Å²) < 4.78 is 7.72. The van der Waals surface area contributed by atoms with Gasteiger partial charge in [0.25, 0.3) is 0 Å². The van der Waals surface area contributed by atoms with Crippen LogP contribution in [0.5, 0.6) is 0 Å². The molecule has 0 radical (unpaired) electrons. The molecule has 0 fully saturated rings. The maximum atomic E-state index is 11.3. The number of primary amides is 1. The number of nitrogens with two attached hydrogens (primary N) is 1. The van der Waals surface area contributed by atoms with Gasteiger partial charge in [-0.05, 0) is 44.0 Å². The largest absolute Gasteiger partial charge is 0.380 e. The molecule has 3 rings (SSSR count). The van der Waals surface area contributed by atoms with Crippen LogP contribution in [0, 0.1) is 6.92 Å². The number of amides is 1. The Morgan fingerprint density at radius 2 is 2.04 bits per heavy atom. The fraction of sp³-hybridized carbons (Fsp3) is 0.364. The molecule has 2 aromatic carbocycles. The van der Waals surface area contributed by atoms with Gasteiger partial charge in [-0.2, -0.15) is 0 Å². The maximum absolute atomic E-state index is 11.3. The van der Waals surface area contributed by atoms with Crippen LogP contribution in [0.25, 0.3) is 22.2 Å². The Morgan fingerprint density at radius 1 is 1.25 bits per heavy atom. The van der Waals surface area contributed by atoms with Crippen molar-refractivity contribution in [3.63, 3.8) is 0 Å². The Kier molecular flexibility index (Phi) is 6.44. The van der Waals surface area contributed by atoms with Crippen molar-refractivity contribution in [2.45, 2.75) is 39.9 Å². The fourth-order valence-electron chi connectivity index (χ4n) is 3.21. The minimum Gasteiger partial charge on any atom is -0.380 e. The predicted octanol–water partition coefficient (Wildman–Crippen LogP) is 3.01. The molecule has 0 saturated heterocycles. The first-order valence-electron chi connectivity index (χ1n) is 9.66. The highest BCUT2D eigenvalue weighted by Crippen LogP contribution is 2.26. The molecule has 0 aliphatic heterocycles. The van der Waals surface area contributed by atoms with Gasteiger partial charge >= 0.3 is 0 Å². The van der Waals surface area contributed by atoms with Crippen LogP contribution in [0.3, 0.4) is 0 Å². The first-order valence-corrected chi connectivity index (χ1v) is 9.66. The van der Waals surface area contributed by atoms with Crippen molar-refractivity contribution in [1.29, 1.82) is 0 Å². The van der Waals surface area contributed by atoms with Gasteiger partial charge in [-0.15, -0.1) is 0 Å². The fourth-order valence-corrected chi connectivity index (χ4v) is 3.21. The van der Waals surface area contributed by atoms with E-state index < -0.39 is 6.04 Å². The second-order valence-electron chi connectivity index (χ2n) is 6.95. The number of aromatic nitrogens is 2. The van der Waals surface area contributed by atoms with Crippen molar-refractivity contribution in [1.82, 2.24) is 14.9 Å². The van der Waals surface area contributed by atoms with E-state index in [2.05, 4.69) is 53.2 Å². The van der Waals surface area contributed by atoms with Crippen molar-refractivity contribution in [2.75, 3.05) is 13.2 Å². The number of carbonyl (C=O) groups is 1. The first-order chi connectivity index (χ1) is 13.5. The minimum absolute atomic E-state index is 0.376. The van der Waals surface area contributed by atoms with E-state index in [-0.39, 0.29) is 5.91 Å². The van der Waals surface area contributed by atoms with Gasteiger partial charge in [0.1, 0.15) is 5.82 Å². The molecule has 3 N–H and O–H groups in total. The molecule has 1 atom stereocenters. The summed E-state index contributed by atoms with van der Waals surface area (Å²) in [4.78, 5) is 16.1. The lowest BCUT2D eigenvalue weighted by Gasteiger charge is -2.13. The van der Waals surface area contributed by atoms with Gasteiger partial charge in [0.05, 0.1) is 30.2 Å². The zero-order chi connectivity index (χ0) is 20.1. The number of benzene rings is 2. The summed E-state index contributed by atoms with van der Waals surface area (Å²) in [5.41, 5.74) is 10.9. The van der Waals surface area contributed by atoms with E-state index in [1.165, 1.54) is 11.1 Å². The molecule has 1 aromatic heterocycles. The average Bonchev–Trinajstić information content (AvgIpc) is 3.03. The van der Waals surface area contributed by atoms with Gasteiger partial charge in [0, 0.05) is 13.2 Å². The lowest BCUT2D eigenvalue weighted by molar-refractivity contribution is -0.119. The SMILES string of the molecule is CCOCCn1c(CN[C@@H](C)C(N)=O)nc2ccc(-c3cccc(C)c3)cc21. The minimum atomic E-state index is -0.414. The van der Waals surface area contributed by atoms with Gasteiger partial charge in [0.15, 0.2) is 0 Å². The molecule has 0 spiro atoms. The third kappa shape index (κ3) is 4.58. The number of rotatable bonds is 9. The Morgan fingerprint density at radius 3 is 2.75 bits per heavy atom. The van der Waals surface area contributed by atoms with E-state index in [9.17, 15) is 4.79 Å². The second kappa shape index (κ2) is 8.99. The van der Waals surface area contributed by atoms with E-state index in [1.807, 2.05) is 13.0 Å². The molecule has 1 amide bonds. The number of aryl methyl sites for hydroxylation is 1. The summed E-state index contributed by atoms with van der Waals surface area (Å²) in [6, 6.07) is 14.4. The highest BCUT2D eigenvalue weighted by Gasteiger charge is 2.14. The second-order valence-corrected chi connectivity index (χ2v) is 6.95. The third-order valence-corrected chi connectivity index (χ3v) is 4.84. The zero-order valence-electron chi connectivity index (χ0n) is 16.7. The summed E-state index contributed by atoms with van der Waals surface area (Å²) >= 11 is 0. The van der Waals surface area contributed by atoms with Crippen LogP contribution in [-0.2, 0) is 22.6 Å². The van der Waals surface area contributed by atoms with E-state index in [4.69, 9.17) is 15.5 Å². The number of hydrogen-bond donors (Lipinski definition) is 2. The van der Waals surface area contributed by atoms with Gasteiger partial charge in [-0.1, -0.05) is 35.9 Å². The third-order valence-electron chi connectivity index (χ3n) is 4.84. The number of nitrogens with one attached hydrogen (secondary N) is 1. The van der Waals surface area contributed by atoms with Crippen LogP contribution in [-0.4, -0.2) is 34.7 Å². The smallest absolute Gasteiger partial charge is 0.234 e. The number of carbonyl (C=O) groups excluding carboxylic acids is 1. The van der Waals surface area contributed by atoms with Crippen LogP contribution < -0.4 is 11.1 Å². The maximum Gasteiger partial charge on any atom is 0.234 e. The molecular weight excluding hydrogens is 352 g/mol. The lowest BCUT2D eigenvalue weighted by atomic mass is 10.0. The van der Waals surface area contributed by atoms with E-state index >= 15 is 0 Å². The molecule has 0 saturated carbocycles. The quantitative estimate of drug-likeness (QED) is 0.559.